The van der Waals surface area contributed by atoms with Crippen LogP contribution >= 0.6 is 11.8 Å². The van der Waals surface area contributed by atoms with Crippen LogP contribution in [0.2, 0.25) is 0 Å². The molecule has 0 saturated carbocycles. The van der Waals surface area contributed by atoms with Gasteiger partial charge in [-0.05, 0) is 30.3 Å². The Kier molecular flexibility index (Phi) is 5.41. The topological polar surface area (TPSA) is 37.1 Å². The summed E-state index contributed by atoms with van der Waals surface area (Å²) < 4.78 is 0. The Balaban J connectivity index is 1.34. The maximum Gasteiger partial charge on any atom is 0.286 e. The molecule has 27 heavy (non-hydrogen) atoms. The molecule has 4 nitrogen and oxygen atoms in total. The molecule has 0 spiro atoms. The Morgan fingerprint density at radius 1 is 1.07 bits per heavy atom. The fourth-order valence-corrected chi connectivity index (χ4v) is 4.39. The molecule has 0 aromatic heterocycles. The zero-order valence-corrected chi connectivity index (χ0v) is 16.3. The lowest BCUT2D eigenvalue weighted by Gasteiger charge is -2.32. The second-order valence-corrected chi connectivity index (χ2v) is 8.13. The predicted molar refractivity (Wildman–Crippen MR) is 112 cm³/mol. The smallest absolute Gasteiger partial charge is 0.286 e. The summed E-state index contributed by atoms with van der Waals surface area (Å²) in [6.45, 7) is 7.15. The van der Waals surface area contributed by atoms with Gasteiger partial charge in [0.1, 0.15) is 6.54 Å². The van der Waals surface area contributed by atoms with E-state index in [-0.39, 0.29) is 5.91 Å². The zero-order chi connectivity index (χ0) is 18.6. The van der Waals surface area contributed by atoms with Gasteiger partial charge in [-0.2, -0.15) is 4.99 Å². The van der Waals surface area contributed by atoms with E-state index in [1.165, 1.54) is 22.9 Å². The minimum atomic E-state index is -0.116. The van der Waals surface area contributed by atoms with E-state index in [0.29, 0.717) is 4.91 Å². The monoisotopic (exact) mass is 378 g/mol. The van der Waals surface area contributed by atoms with E-state index in [0.717, 1.165) is 43.5 Å². The van der Waals surface area contributed by atoms with Gasteiger partial charge in [-0.1, -0.05) is 60.2 Å². The molecule has 1 fully saturated rings. The number of aliphatic imine (C=N–C) groups is 1. The molecule has 2 heterocycles. The molecule has 0 aliphatic carbocycles. The number of benzene rings is 2. The summed E-state index contributed by atoms with van der Waals surface area (Å²) >= 11 is 1.51. The van der Waals surface area contributed by atoms with Gasteiger partial charge in [0.15, 0.2) is 5.17 Å². The van der Waals surface area contributed by atoms with Crippen molar-refractivity contribution in [2.75, 3.05) is 26.2 Å². The molecule has 1 saturated heterocycles. The third-order valence-electron chi connectivity index (χ3n) is 5.02. The van der Waals surface area contributed by atoms with Crippen LogP contribution < -0.4 is 4.90 Å². The molecule has 0 unspecified atom stereocenters. The Labute approximate surface area is 164 Å². The van der Waals surface area contributed by atoms with E-state index in [9.17, 15) is 4.79 Å². The first kappa shape index (κ1) is 18.0. The standard InChI is InChI=1S/C22H23N3OS/c1-17-7-9-18(10-8-17)15-20-21(26)23-22(27-20)25-13-11-24(12-14-25)16-19-5-3-2-4-6-19/h2-10,15H,11-14,16H2,1H3/p+1/b20-15-. The van der Waals surface area contributed by atoms with Gasteiger partial charge in [0.25, 0.3) is 5.91 Å². The number of amides is 1. The van der Waals surface area contributed by atoms with Gasteiger partial charge < -0.3 is 9.80 Å². The molecular weight excluding hydrogens is 354 g/mol. The SMILES string of the molecule is Cc1ccc(/C=C2\SC(N3CC[NH+](Cc4ccccc4)CC3)=NC2=O)cc1. The Morgan fingerprint density at radius 3 is 2.48 bits per heavy atom. The summed E-state index contributed by atoms with van der Waals surface area (Å²) in [5, 5.41) is 0.858. The lowest BCUT2D eigenvalue weighted by Crippen LogP contribution is -3.13. The molecular formula is C22H24N3OS+. The van der Waals surface area contributed by atoms with Gasteiger partial charge in [-0.15, -0.1) is 0 Å². The minimum Gasteiger partial charge on any atom is -0.339 e. The number of piperazine rings is 1. The quantitative estimate of drug-likeness (QED) is 0.834. The van der Waals surface area contributed by atoms with Gasteiger partial charge in [0, 0.05) is 5.56 Å². The van der Waals surface area contributed by atoms with E-state index < -0.39 is 0 Å². The number of rotatable bonds is 3. The number of hydrogen-bond donors (Lipinski definition) is 1. The molecule has 1 amide bonds. The van der Waals surface area contributed by atoms with Crippen LogP contribution in [-0.4, -0.2) is 42.2 Å². The van der Waals surface area contributed by atoms with Gasteiger partial charge in [-0.3, -0.25) is 4.79 Å². The van der Waals surface area contributed by atoms with Gasteiger partial charge in [-0.25, -0.2) is 0 Å². The largest absolute Gasteiger partial charge is 0.339 e. The normalized spacial score (nSPS) is 19.6. The molecule has 2 aliphatic rings. The molecule has 1 N–H and O–H groups in total. The second kappa shape index (κ2) is 8.11. The van der Waals surface area contributed by atoms with Gasteiger partial charge >= 0.3 is 0 Å². The fourth-order valence-electron chi connectivity index (χ4n) is 3.42. The number of aryl methyl sites for hydroxylation is 1. The highest BCUT2D eigenvalue weighted by Gasteiger charge is 2.29. The van der Waals surface area contributed by atoms with Crippen LogP contribution in [-0.2, 0) is 11.3 Å². The van der Waals surface area contributed by atoms with E-state index in [1.807, 2.05) is 18.2 Å². The average molecular weight is 379 g/mol. The van der Waals surface area contributed by atoms with Crippen molar-refractivity contribution >= 4 is 28.9 Å². The molecule has 0 atom stereocenters. The van der Waals surface area contributed by atoms with Crippen molar-refractivity contribution < 1.29 is 9.69 Å². The van der Waals surface area contributed by atoms with Crippen LogP contribution in [0.4, 0.5) is 0 Å². The van der Waals surface area contributed by atoms with Crippen LogP contribution in [0.3, 0.4) is 0 Å². The van der Waals surface area contributed by atoms with Gasteiger partial charge in [0.2, 0.25) is 0 Å². The molecule has 5 heteroatoms. The summed E-state index contributed by atoms with van der Waals surface area (Å²) in [6.07, 6.45) is 1.94. The molecule has 0 radical (unpaired) electrons. The lowest BCUT2D eigenvalue weighted by atomic mass is 10.1. The molecule has 2 aliphatic heterocycles. The van der Waals surface area contributed by atoms with Crippen molar-refractivity contribution in [1.29, 1.82) is 0 Å². The van der Waals surface area contributed by atoms with Crippen molar-refractivity contribution in [3.8, 4) is 0 Å². The number of nitrogens with zero attached hydrogens (tertiary/aromatic N) is 2. The van der Waals surface area contributed by atoms with Crippen molar-refractivity contribution in [1.82, 2.24) is 4.90 Å². The summed E-state index contributed by atoms with van der Waals surface area (Å²) in [5.74, 6) is -0.116. The van der Waals surface area contributed by atoms with Crippen molar-refractivity contribution in [2.24, 2.45) is 4.99 Å². The third-order valence-corrected chi connectivity index (χ3v) is 6.07. The summed E-state index contributed by atoms with van der Waals surface area (Å²) in [4.78, 5) is 21.2. The molecule has 2 aromatic rings. The van der Waals surface area contributed by atoms with E-state index >= 15 is 0 Å². The Hall–Kier alpha value is -2.37. The van der Waals surface area contributed by atoms with Crippen LogP contribution in [0.25, 0.3) is 6.08 Å². The molecule has 0 bridgehead atoms. The average Bonchev–Trinajstić information content (AvgIpc) is 3.05. The first-order chi connectivity index (χ1) is 13.2. The van der Waals surface area contributed by atoms with E-state index in [2.05, 4.69) is 59.3 Å². The fraction of sp³-hybridized carbons (Fsp3) is 0.273. The van der Waals surface area contributed by atoms with Gasteiger partial charge in [0.05, 0.1) is 31.1 Å². The summed E-state index contributed by atoms with van der Waals surface area (Å²) in [6, 6.07) is 18.9. The lowest BCUT2D eigenvalue weighted by molar-refractivity contribution is -0.917. The highest BCUT2D eigenvalue weighted by molar-refractivity contribution is 8.18. The number of amidine groups is 1. The van der Waals surface area contributed by atoms with Crippen LogP contribution in [0, 0.1) is 6.92 Å². The highest BCUT2D eigenvalue weighted by Crippen LogP contribution is 2.30. The number of thioether (sulfide) groups is 1. The van der Waals surface area contributed by atoms with Crippen molar-refractivity contribution in [2.45, 2.75) is 13.5 Å². The number of carbonyl (C=O) groups excluding carboxylic acids is 1. The second-order valence-electron chi connectivity index (χ2n) is 7.12. The van der Waals surface area contributed by atoms with Crippen LogP contribution in [0.15, 0.2) is 64.5 Å². The predicted octanol–water partition coefficient (Wildman–Crippen LogP) is 2.37. The van der Waals surface area contributed by atoms with Crippen LogP contribution in [0.5, 0.6) is 0 Å². The minimum absolute atomic E-state index is 0.116. The van der Waals surface area contributed by atoms with E-state index in [4.69, 9.17) is 0 Å². The zero-order valence-electron chi connectivity index (χ0n) is 15.5. The number of quaternary nitrogens is 1. The summed E-state index contributed by atoms with van der Waals surface area (Å²) in [5.41, 5.74) is 3.65. The van der Waals surface area contributed by atoms with Crippen molar-refractivity contribution in [3.63, 3.8) is 0 Å². The number of nitrogens with one attached hydrogen (secondary N) is 1. The van der Waals surface area contributed by atoms with E-state index in [1.54, 1.807) is 4.90 Å². The van der Waals surface area contributed by atoms with Crippen LogP contribution in [0.1, 0.15) is 16.7 Å². The van der Waals surface area contributed by atoms with Crippen molar-refractivity contribution in [3.05, 3.63) is 76.2 Å². The maximum absolute atomic E-state index is 12.3. The molecule has 138 valence electrons. The molecule has 4 rings (SSSR count). The Morgan fingerprint density at radius 2 is 1.78 bits per heavy atom. The molecule has 2 aromatic carbocycles. The maximum atomic E-state index is 12.3. The first-order valence-electron chi connectivity index (χ1n) is 9.39. The summed E-state index contributed by atoms with van der Waals surface area (Å²) in [7, 11) is 0. The Bertz CT molecular complexity index is 866. The number of hydrogen-bond acceptors (Lipinski definition) is 3. The first-order valence-corrected chi connectivity index (χ1v) is 10.2. The number of carbonyl (C=O) groups is 1. The highest BCUT2D eigenvalue weighted by atomic mass is 32.2. The third kappa shape index (κ3) is 4.49.